The van der Waals surface area contributed by atoms with E-state index in [1.54, 1.807) is 18.2 Å². The lowest BCUT2D eigenvalue weighted by Crippen LogP contribution is -2.43. The van der Waals surface area contributed by atoms with Crippen molar-refractivity contribution in [1.82, 2.24) is 19.2 Å². The fourth-order valence-corrected chi connectivity index (χ4v) is 5.79. The Morgan fingerprint density at radius 3 is 2.75 bits per heavy atom. The van der Waals surface area contributed by atoms with Gasteiger partial charge in [-0.25, -0.2) is 13.8 Å². The van der Waals surface area contributed by atoms with Crippen LogP contribution in [-0.4, -0.2) is 62.3 Å². The van der Waals surface area contributed by atoms with Gasteiger partial charge in [-0.15, -0.1) is 0 Å². The van der Waals surface area contributed by atoms with Crippen LogP contribution < -0.4 is 20.9 Å². The maximum Gasteiger partial charge on any atom is 0.459 e. The Labute approximate surface area is 228 Å². The molecule has 1 aliphatic rings. The standard InChI is InChI=1S/C25H32FN4O9P/c1-5-12-36-22(33)15(2)28-40(35,39-17-6-7-18-16(13-17)8-10-29(18)4)37-14-19-21(32)25(3,26)23(38-19)30-11-9-20(31)27-24(30)34/h6-11,13,15,19,21,23,32H,5,12,14H2,1-4H3,(H,28,35)(H,27,31,34)/t15?,19-,21-,23-,25-,40?/m1/s1. The predicted octanol–water partition coefficient (Wildman–Crippen LogP) is 2.15. The van der Waals surface area contributed by atoms with Crippen molar-refractivity contribution >= 4 is 24.6 Å². The molecule has 0 amide bonds. The van der Waals surface area contributed by atoms with Crippen LogP contribution in [0.15, 0.2) is 52.3 Å². The maximum atomic E-state index is 15.6. The van der Waals surface area contributed by atoms with Gasteiger partial charge in [0, 0.05) is 36.4 Å². The highest BCUT2D eigenvalue weighted by Gasteiger charge is 2.56. The molecule has 4 rings (SSSR count). The fourth-order valence-electron chi connectivity index (χ4n) is 4.30. The van der Waals surface area contributed by atoms with Crippen molar-refractivity contribution in [3.63, 3.8) is 0 Å². The molecule has 0 aliphatic carbocycles. The molecule has 1 saturated heterocycles. The minimum absolute atomic E-state index is 0.157. The number of nitrogens with one attached hydrogen (secondary N) is 2. The van der Waals surface area contributed by atoms with E-state index in [0.717, 1.165) is 34.7 Å². The number of aromatic nitrogens is 3. The molecule has 1 aromatic carbocycles. The Balaban J connectivity index is 1.56. The molecule has 2 aromatic heterocycles. The molecule has 13 nitrogen and oxygen atoms in total. The minimum atomic E-state index is -4.37. The van der Waals surface area contributed by atoms with Gasteiger partial charge in [0.25, 0.3) is 5.56 Å². The predicted molar refractivity (Wildman–Crippen MR) is 142 cm³/mol. The molecule has 1 fully saturated rings. The first kappa shape index (κ1) is 29.7. The zero-order valence-corrected chi connectivity index (χ0v) is 23.3. The number of nitrogens with zero attached hydrogens (tertiary/aromatic N) is 2. The number of benzene rings is 1. The number of esters is 1. The van der Waals surface area contributed by atoms with Crippen molar-refractivity contribution in [2.75, 3.05) is 13.2 Å². The van der Waals surface area contributed by atoms with E-state index >= 15 is 4.39 Å². The van der Waals surface area contributed by atoms with Gasteiger partial charge in [0.2, 0.25) is 0 Å². The molecule has 218 valence electrons. The van der Waals surface area contributed by atoms with Crippen molar-refractivity contribution in [3.05, 3.63) is 63.6 Å². The Bertz CT molecular complexity index is 1530. The summed E-state index contributed by atoms with van der Waals surface area (Å²) in [6, 6.07) is 6.66. The Hall–Kier alpha value is -3.29. The first-order valence-corrected chi connectivity index (χ1v) is 14.2. The Morgan fingerprint density at radius 1 is 1.30 bits per heavy atom. The summed E-state index contributed by atoms with van der Waals surface area (Å²) in [6.45, 7) is 3.77. The first-order valence-electron chi connectivity index (χ1n) is 12.6. The molecule has 0 radical (unpaired) electrons. The van der Waals surface area contributed by atoms with Crippen molar-refractivity contribution in [2.45, 2.75) is 57.3 Å². The van der Waals surface area contributed by atoms with Crippen LogP contribution in [0.3, 0.4) is 0 Å². The fraction of sp³-hybridized carbons (Fsp3) is 0.480. The molecule has 6 atom stereocenters. The van der Waals surface area contributed by atoms with Gasteiger partial charge in [-0.05, 0) is 44.5 Å². The van der Waals surface area contributed by atoms with Crippen LogP contribution >= 0.6 is 7.75 Å². The highest BCUT2D eigenvalue weighted by atomic mass is 31.2. The summed E-state index contributed by atoms with van der Waals surface area (Å²) >= 11 is 0. The SMILES string of the molecule is CCCOC(=O)C(C)NP(=O)(OC[C@H]1O[C@@H](n2ccc(=O)[nH]c2=O)[C@](C)(F)[C@@H]1O)Oc1ccc2c(ccn2C)c1. The van der Waals surface area contributed by atoms with E-state index in [-0.39, 0.29) is 12.4 Å². The molecule has 3 N–H and O–H groups in total. The molecule has 3 heterocycles. The average molecular weight is 583 g/mol. The second-order valence-corrected chi connectivity index (χ2v) is 11.4. The number of aliphatic hydroxyl groups excluding tert-OH is 1. The van der Waals surface area contributed by atoms with Crippen molar-refractivity contribution in [3.8, 4) is 5.75 Å². The van der Waals surface area contributed by atoms with Gasteiger partial charge < -0.3 is 23.7 Å². The van der Waals surface area contributed by atoms with Crippen LogP contribution in [0, 0.1) is 0 Å². The van der Waals surface area contributed by atoms with Crippen molar-refractivity contribution < 1.29 is 37.4 Å². The molecular formula is C25H32FN4O9P. The quantitative estimate of drug-likeness (QED) is 0.226. The number of H-pyrrole nitrogens is 1. The molecule has 2 unspecified atom stereocenters. The van der Waals surface area contributed by atoms with Gasteiger partial charge in [0.1, 0.15) is 24.0 Å². The number of fused-ring (bicyclic) bond motifs is 1. The molecule has 15 heteroatoms. The number of aryl methyl sites for hydroxylation is 1. The Morgan fingerprint density at radius 2 is 2.05 bits per heavy atom. The number of aromatic amines is 1. The molecule has 0 saturated carbocycles. The van der Waals surface area contributed by atoms with Crippen LogP contribution in [0.5, 0.6) is 5.75 Å². The van der Waals surface area contributed by atoms with Crippen molar-refractivity contribution in [2.24, 2.45) is 7.05 Å². The smallest absolute Gasteiger partial charge is 0.459 e. The van der Waals surface area contributed by atoms with E-state index in [9.17, 15) is 24.1 Å². The third-order valence-corrected chi connectivity index (χ3v) is 8.11. The number of halogens is 1. The normalized spacial score (nSPS) is 25.0. The van der Waals surface area contributed by atoms with E-state index in [4.69, 9.17) is 18.5 Å². The summed E-state index contributed by atoms with van der Waals surface area (Å²) in [5, 5.41) is 14.0. The molecule has 40 heavy (non-hydrogen) atoms. The second-order valence-electron chi connectivity index (χ2n) is 9.69. The number of hydrogen-bond acceptors (Lipinski definition) is 9. The van der Waals surface area contributed by atoms with E-state index in [1.807, 2.05) is 35.8 Å². The van der Waals surface area contributed by atoms with Crippen LogP contribution in [-0.2, 0) is 30.4 Å². The number of ether oxygens (including phenoxy) is 2. The Kier molecular flexibility index (Phi) is 8.66. The summed E-state index contributed by atoms with van der Waals surface area (Å²) < 4.78 is 54.1. The topological polar surface area (TPSA) is 163 Å². The molecule has 3 aromatic rings. The summed E-state index contributed by atoms with van der Waals surface area (Å²) in [6.07, 6.45) is -1.39. The number of carbonyl (C=O) groups is 1. The number of rotatable bonds is 11. The summed E-state index contributed by atoms with van der Waals surface area (Å²) in [4.78, 5) is 38.0. The average Bonchev–Trinajstić information content (AvgIpc) is 3.37. The molecule has 0 spiro atoms. The van der Waals surface area contributed by atoms with E-state index in [0.29, 0.717) is 6.42 Å². The second kappa shape index (κ2) is 11.7. The van der Waals surface area contributed by atoms with Gasteiger partial charge in [0.05, 0.1) is 13.2 Å². The summed E-state index contributed by atoms with van der Waals surface area (Å²) in [5.41, 5.74) is -3.24. The monoisotopic (exact) mass is 582 g/mol. The number of aliphatic hydroxyl groups is 1. The van der Waals surface area contributed by atoms with Crippen LogP contribution in [0.1, 0.15) is 33.4 Å². The highest BCUT2D eigenvalue weighted by molar-refractivity contribution is 7.52. The van der Waals surface area contributed by atoms with Gasteiger partial charge >= 0.3 is 19.4 Å². The van der Waals surface area contributed by atoms with Crippen molar-refractivity contribution in [1.29, 1.82) is 0 Å². The zero-order chi connectivity index (χ0) is 29.2. The van der Waals surface area contributed by atoms with Gasteiger partial charge in [-0.2, -0.15) is 5.09 Å². The minimum Gasteiger partial charge on any atom is -0.465 e. The lowest BCUT2D eigenvalue weighted by atomic mass is 9.98. The molecule has 0 bridgehead atoms. The highest BCUT2D eigenvalue weighted by Crippen LogP contribution is 2.48. The molecular weight excluding hydrogens is 550 g/mol. The third-order valence-electron chi connectivity index (χ3n) is 6.47. The van der Waals surface area contributed by atoms with Crippen LogP contribution in [0.25, 0.3) is 10.9 Å². The van der Waals surface area contributed by atoms with Gasteiger partial charge in [-0.3, -0.25) is 23.7 Å². The van der Waals surface area contributed by atoms with E-state index in [2.05, 4.69) is 5.09 Å². The van der Waals surface area contributed by atoms with Gasteiger partial charge in [-0.1, -0.05) is 6.92 Å². The van der Waals surface area contributed by atoms with Crippen LogP contribution in [0.4, 0.5) is 4.39 Å². The third kappa shape index (κ3) is 6.21. The van der Waals surface area contributed by atoms with E-state index in [1.165, 1.54) is 6.92 Å². The zero-order valence-electron chi connectivity index (χ0n) is 22.4. The summed E-state index contributed by atoms with van der Waals surface area (Å²) in [7, 11) is -2.51. The lowest BCUT2D eigenvalue weighted by molar-refractivity contribution is -0.145. The first-order chi connectivity index (χ1) is 18.8. The lowest BCUT2D eigenvalue weighted by Gasteiger charge is -2.25. The van der Waals surface area contributed by atoms with Crippen LogP contribution in [0.2, 0.25) is 0 Å². The molecule has 1 aliphatic heterocycles. The largest absolute Gasteiger partial charge is 0.465 e. The number of hydrogen-bond donors (Lipinski definition) is 3. The maximum absolute atomic E-state index is 15.6. The number of alkyl halides is 1. The van der Waals surface area contributed by atoms with Gasteiger partial charge in [0.15, 0.2) is 11.9 Å². The number of carbonyl (C=O) groups excluding carboxylic acids is 1. The van der Waals surface area contributed by atoms with E-state index < -0.39 is 61.7 Å². The summed E-state index contributed by atoms with van der Waals surface area (Å²) in [5.74, 6) is -0.539.